The second-order valence-corrected chi connectivity index (χ2v) is 6.20. The highest BCUT2D eigenvalue weighted by atomic mass is 32.2. The molecule has 2 heteroatoms. The van der Waals surface area contributed by atoms with Crippen LogP contribution in [0.1, 0.15) is 18.9 Å². The molecular weight excluding hydrogens is 228 g/mol. The molecule has 17 heavy (non-hydrogen) atoms. The lowest BCUT2D eigenvalue weighted by Crippen LogP contribution is -2.31. The summed E-state index contributed by atoms with van der Waals surface area (Å²) in [6, 6.07) is 14.6. The Kier molecular flexibility index (Phi) is 2.64. The Hall–Kier alpha value is -0.990. The van der Waals surface area contributed by atoms with E-state index in [4.69, 9.17) is 0 Å². The molecule has 2 aromatic rings. The van der Waals surface area contributed by atoms with Gasteiger partial charge in [0.1, 0.15) is 5.60 Å². The second-order valence-electron chi connectivity index (χ2n) is 4.75. The molecule has 1 aliphatic heterocycles. The summed E-state index contributed by atoms with van der Waals surface area (Å²) in [7, 11) is 0. The summed E-state index contributed by atoms with van der Waals surface area (Å²) in [6.07, 6.45) is 0.858. The van der Waals surface area contributed by atoms with Gasteiger partial charge in [-0.2, -0.15) is 11.8 Å². The minimum Gasteiger partial charge on any atom is -0.384 e. The van der Waals surface area contributed by atoms with Crippen LogP contribution in [0, 0.1) is 0 Å². The maximum absolute atomic E-state index is 10.8. The van der Waals surface area contributed by atoms with Gasteiger partial charge in [-0.3, -0.25) is 0 Å². The van der Waals surface area contributed by atoms with Crippen molar-refractivity contribution in [3.63, 3.8) is 0 Å². The lowest BCUT2D eigenvalue weighted by molar-refractivity contribution is 0.0428. The van der Waals surface area contributed by atoms with Gasteiger partial charge < -0.3 is 5.11 Å². The van der Waals surface area contributed by atoms with Gasteiger partial charge >= 0.3 is 0 Å². The monoisotopic (exact) mass is 244 g/mol. The fourth-order valence-corrected chi connectivity index (χ4v) is 3.88. The number of benzene rings is 2. The summed E-state index contributed by atoms with van der Waals surface area (Å²) >= 11 is 1.85. The molecule has 1 heterocycles. The average molecular weight is 244 g/mol. The Morgan fingerprint density at radius 1 is 1.18 bits per heavy atom. The Morgan fingerprint density at radius 3 is 2.65 bits per heavy atom. The Balaban J connectivity index is 2.12. The maximum Gasteiger partial charge on any atom is 0.102 e. The third-order valence-electron chi connectivity index (χ3n) is 3.77. The zero-order chi connectivity index (χ0) is 11.9. The van der Waals surface area contributed by atoms with Crippen molar-refractivity contribution < 1.29 is 5.11 Å². The van der Waals surface area contributed by atoms with Crippen molar-refractivity contribution in [2.45, 2.75) is 24.2 Å². The van der Waals surface area contributed by atoms with Gasteiger partial charge in [0.2, 0.25) is 0 Å². The summed E-state index contributed by atoms with van der Waals surface area (Å²) in [5.74, 6) is 1.05. The largest absolute Gasteiger partial charge is 0.384 e. The Bertz CT molecular complexity index is 551. The first kappa shape index (κ1) is 11.1. The molecule has 2 unspecified atom stereocenters. The van der Waals surface area contributed by atoms with Crippen LogP contribution in [0.25, 0.3) is 10.8 Å². The molecule has 0 bridgehead atoms. The number of rotatable bonds is 1. The van der Waals surface area contributed by atoms with E-state index in [-0.39, 0.29) is 5.25 Å². The number of aliphatic hydroxyl groups is 1. The van der Waals surface area contributed by atoms with E-state index in [1.165, 1.54) is 10.8 Å². The molecule has 88 valence electrons. The molecular formula is C15H16OS. The standard InChI is InChI=1S/C15H16OS/c1-11-15(16,8-9-17-11)14-7-6-12-4-2-3-5-13(12)10-14/h2-7,10-11,16H,8-9H2,1H3. The van der Waals surface area contributed by atoms with Gasteiger partial charge in [-0.15, -0.1) is 0 Å². The topological polar surface area (TPSA) is 20.2 Å². The first-order chi connectivity index (χ1) is 8.20. The summed E-state index contributed by atoms with van der Waals surface area (Å²) in [5, 5.41) is 13.5. The van der Waals surface area contributed by atoms with Gasteiger partial charge in [-0.1, -0.05) is 43.3 Å². The van der Waals surface area contributed by atoms with E-state index in [9.17, 15) is 5.11 Å². The minimum atomic E-state index is -0.644. The highest BCUT2D eigenvalue weighted by Crippen LogP contribution is 2.43. The summed E-state index contributed by atoms with van der Waals surface area (Å²) in [6.45, 7) is 2.12. The lowest BCUT2D eigenvalue weighted by atomic mass is 9.87. The molecule has 0 amide bonds. The second kappa shape index (κ2) is 4.04. The first-order valence-corrected chi connectivity index (χ1v) is 7.08. The zero-order valence-electron chi connectivity index (χ0n) is 9.89. The van der Waals surface area contributed by atoms with Crippen molar-refractivity contribution in [1.82, 2.24) is 0 Å². The fraction of sp³-hybridized carbons (Fsp3) is 0.333. The molecule has 0 saturated carbocycles. The molecule has 1 saturated heterocycles. The van der Waals surface area contributed by atoms with E-state index in [0.29, 0.717) is 0 Å². The smallest absolute Gasteiger partial charge is 0.102 e. The number of fused-ring (bicyclic) bond motifs is 1. The van der Waals surface area contributed by atoms with Crippen molar-refractivity contribution >= 4 is 22.5 Å². The van der Waals surface area contributed by atoms with Gasteiger partial charge in [0.25, 0.3) is 0 Å². The summed E-state index contributed by atoms with van der Waals surface area (Å²) in [4.78, 5) is 0. The third kappa shape index (κ3) is 1.76. The Labute approximate surface area is 106 Å². The van der Waals surface area contributed by atoms with Crippen LogP contribution in [0.4, 0.5) is 0 Å². The van der Waals surface area contributed by atoms with Crippen LogP contribution in [-0.2, 0) is 5.60 Å². The maximum atomic E-state index is 10.8. The Morgan fingerprint density at radius 2 is 1.94 bits per heavy atom. The number of hydrogen-bond donors (Lipinski definition) is 1. The van der Waals surface area contributed by atoms with Gasteiger partial charge in [0, 0.05) is 5.25 Å². The molecule has 3 rings (SSSR count). The van der Waals surface area contributed by atoms with Gasteiger partial charge in [-0.25, -0.2) is 0 Å². The van der Waals surface area contributed by atoms with Crippen LogP contribution in [0.2, 0.25) is 0 Å². The van der Waals surface area contributed by atoms with Crippen LogP contribution in [0.3, 0.4) is 0 Å². The van der Waals surface area contributed by atoms with Crippen LogP contribution in [0.5, 0.6) is 0 Å². The van der Waals surface area contributed by atoms with Gasteiger partial charge in [0.05, 0.1) is 0 Å². The van der Waals surface area contributed by atoms with E-state index in [2.05, 4.69) is 37.3 Å². The van der Waals surface area contributed by atoms with Gasteiger partial charge in [0.15, 0.2) is 0 Å². The molecule has 0 aromatic heterocycles. The van der Waals surface area contributed by atoms with Crippen LogP contribution in [-0.4, -0.2) is 16.1 Å². The quantitative estimate of drug-likeness (QED) is 0.828. The van der Waals surface area contributed by atoms with Crippen molar-refractivity contribution in [2.75, 3.05) is 5.75 Å². The number of thioether (sulfide) groups is 1. The van der Waals surface area contributed by atoms with Crippen molar-refractivity contribution in [3.8, 4) is 0 Å². The molecule has 0 radical (unpaired) electrons. The lowest BCUT2D eigenvalue weighted by Gasteiger charge is -2.27. The average Bonchev–Trinajstić information content (AvgIpc) is 2.70. The van der Waals surface area contributed by atoms with E-state index < -0.39 is 5.60 Å². The highest BCUT2D eigenvalue weighted by molar-refractivity contribution is 8.00. The zero-order valence-corrected chi connectivity index (χ0v) is 10.7. The molecule has 2 atom stereocenters. The van der Waals surface area contributed by atoms with Crippen molar-refractivity contribution in [2.24, 2.45) is 0 Å². The highest BCUT2D eigenvalue weighted by Gasteiger charge is 2.40. The molecule has 1 aliphatic rings. The SMILES string of the molecule is CC1SCCC1(O)c1ccc2ccccc2c1. The van der Waals surface area contributed by atoms with Crippen molar-refractivity contribution in [1.29, 1.82) is 0 Å². The molecule has 2 aromatic carbocycles. The molecule has 1 fully saturated rings. The third-order valence-corrected chi connectivity index (χ3v) is 5.10. The van der Waals surface area contributed by atoms with Crippen LogP contribution in [0.15, 0.2) is 42.5 Å². The molecule has 1 nitrogen and oxygen atoms in total. The predicted octanol–water partition coefficient (Wildman–Crippen LogP) is 3.55. The van der Waals surface area contributed by atoms with E-state index in [1.54, 1.807) is 0 Å². The van der Waals surface area contributed by atoms with Crippen molar-refractivity contribution in [3.05, 3.63) is 48.0 Å². The van der Waals surface area contributed by atoms with Gasteiger partial charge in [-0.05, 0) is 34.6 Å². The number of hydrogen-bond acceptors (Lipinski definition) is 2. The molecule has 0 spiro atoms. The van der Waals surface area contributed by atoms with Crippen LogP contribution >= 0.6 is 11.8 Å². The fourth-order valence-electron chi connectivity index (χ4n) is 2.57. The van der Waals surface area contributed by atoms with E-state index >= 15 is 0 Å². The molecule has 1 N–H and O–H groups in total. The van der Waals surface area contributed by atoms with E-state index in [0.717, 1.165) is 17.7 Å². The predicted molar refractivity (Wildman–Crippen MR) is 74.4 cm³/mol. The first-order valence-electron chi connectivity index (χ1n) is 6.03. The summed E-state index contributed by atoms with van der Waals surface area (Å²) in [5.41, 5.74) is 0.419. The molecule has 0 aliphatic carbocycles. The minimum absolute atomic E-state index is 0.281. The normalized spacial score (nSPS) is 28.7. The van der Waals surface area contributed by atoms with Crippen LogP contribution < -0.4 is 0 Å². The van der Waals surface area contributed by atoms with E-state index in [1.807, 2.05) is 23.9 Å². The summed E-state index contributed by atoms with van der Waals surface area (Å²) < 4.78 is 0.